The van der Waals surface area contributed by atoms with Crippen molar-refractivity contribution in [2.75, 3.05) is 13.6 Å². The van der Waals surface area contributed by atoms with E-state index in [-0.39, 0.29) is 19.0 Å². The number of nitrogens with zero attached hydrogens (tertiary/aromatic N) is 3. The van der Waals surface area contributed by atoms with E-state index >= 15 is 0 Å². The van der Waals surface area contributed by atoms with Crippen molar-refractivity contribution < 1.29 is 14.7 Å². The second kappa shape index (κ2) is 5.73. The van der Waals surface area contributed by atoms with E-state index in [0.29, 0.717) is 0 Å². The van der Waals surface area contributed by atoms with Gasteiger partial charge in [-0.1, -0.05) is 25.1 Å². The van der Waals surface area contributed by atoms with Crippen LogP contribution in [0, 0.1) is 5.92 Å². The van der Waals surface area contributed by atoms with E-state index in [2.05, 4.69) is 5.10 Å². The van der Waals surface area contributed by atoms with Crippen molar-refractivity contribution in [1.82, 2.24) is 14.7 Å². The zero-order valence-electron chi connectivity index (χ0n) is 11.5. The number of aromatic nitrogens is 2. The molecule has 1 N–H and O–H groups in total. The van der Waals surface area contributed by atoms with Crippen LogP contribution < -0.4 is 0 Å². The molecule has 1 amide bonds. The van der Waals surface area contributed by atoms with Crippen LogP contribution >= 0.6 is 0 Å². The number of hydrogen-bond acceptors (Lipinski definition) is 3. The van der Waals surface area contributed by atoms with E-state index in [1.54, 1.807) is 18.7 Å². The molecular weight excluding hydrogens is 258 g/mol. The summed E-state index contributed by atoms with van der Waals surface area (Å²) < 4.78 is 1.58. The second-order valence-electron chi connectivity index (χ2n) is 4.90. The number of likely N-dealkylation sites (N-methyl/N-ethyl adjacent to an activating group) is 1. The number of amides is 1. The van der Waals surface area contributed by atoms with Crippen molar-refractivity contribution in [3.63, 3.8) is 0 Å². The third-order valence-electron chi connectivity index (χ3n) is 3.15. The second-order valence-corrected chi connectivity index (χ2v) is 4.90. The number of benzene rings is 1. The van der Waals surface area contributed by atoms with Gasteiger partial charge >= 0.3 is 5.97 Å². The van der Waals surface area contributed by atoms with E-state index in [1.807, 2.05) is 30.5 Å². The Labute approximate surface area is 116 Å². The summed E-state index contributed by atoms with van der Waals surface area (Å²) in [6.07, 6.45) is 1.81. The van der Waals surface area contributed by atoms with Crippen molar-refractivity contribution in [3.8, 4) is 0 Å². The predicted molar refractivity (Wildman–Crippen MR) is 74.2 cm³/mol. The van der Waals surface area contributed by atoms with Gasteiger partial charge in [-0.15, -0.1) is 0 Å². The molecule has 2 aromatic rings. The minimum Gasteiger partial charge on any atom is -0.481 e. The highest BCUT2D eigenvalue weighted by molar-refractivity contribution is 5.80. The average Bonchev–Trinajstić information content (AvgIpc) is 2.80. The van der Waals surface area contributed by atoms with Crippen LogP contribution in [-0.2, 0) is 16.1 Å². The first kappa shape index (κ1) is 14.0. The van der Waals surface area contributed by atoms with E-state index in [1.165, 1.54) is 4.90 Å². The van der Waals surface area contributed by atoms with E-state index in [4.69, 9.17) is 5.11 Å². The molecule has 1 unspecified atom stereocenters. The Morgan fingerprint density at radius 3 is 2.75 bits per heavy atom. The van der Waals surface area contributed by atoms with Crippen molar-refractivity contribution in [3.05, 3.63) is 30.5 Å². The Morgan fingerprint density at radius 2 is 2.10 bits per heavy atom. The van der Waals surface area contributed by atoms with Gasteiger partial charge in [0.25, 0.3) is 0 Å². The van der Waals surface area contributed by atoms with Crippen molar-refractivity contribution in [1.29, 1.82) is 0 Å². The zero-order valence-corrected chi connectivity index (χ0v) is 11.5. The highest BCUT2D eigenvalue weighted by Crippen LogP contribution is 2.11. The first-order valence-electron chi connectivity index (χ1n) is 6.36. The Balaban J connectivity index is 2.01. The monoisotopic (exact) mass is 275 g/mol. The fraction of sp³-hybridized carbons (Fsp3) is 0.357. The first-order valence-corrected chi connectivity index (χ1v) is 6.36. The maximum Gasteiger partial charge on any atom is 0.308 e. The lowest BCUT2D eigenvalue weighted by Crippen LogP contribution is -2.35. The number of carbonyl (C=O) groups is 2. The largest absolute Gasteiger partial charge is 0.481 e. The Morgan fingerprint density at radius 1 is 1.40 bits per heavy atom. The number of carboxylic acid groups (broad SMARTS) is 1. The molecule has 1 heterocycles. The highest BCUT2D eigenvalue weighted by atomic mass is 16.4. The normalized spacial score (nSPS) is 12.3. The summed E-state index contributed by atoms with van der Waals surface area (Å²) in [5.74, 6) is -1.65. The van der Waals surface area contributed by atoms with Crippen molar-refractivity contribution in [2.45, 2.75) is 13.5 Å². The molecule has 0 aliphatic heterocycles. The smallest absolute Gasteiger partial charge is 0.308 e. The van der Waals surface area contributed by atoms with Gasteiger partial charge in [-0.2, -0.15) is 5.10 Å². The molecule has 0 radical (unpaired) electrons. The van der Waals surface area contributed by atoms with Crippen LogP contribution in [0.25, 0.3) is 10.9 Å². The molecule has 2 rings (SSSR count). The maximum atomic E-state index is 12.0. The molecular formula is C14H17N3O3. The van der Waals surface area contributed by atoms with Gasteiger partial charge in [0.1, 0.15) is 6.54 Å². The summed E-state index contributed by atoms with van der Waals surface area (Å²) in [7, 11) is 1.60. The van der Waals surface area contributed by atoms with Gasteiger partial charge in [-0.25, -0.2) is 0 Å². The number of rotatable bonds is 5. The summed E-state index contributed by atoms with van der Waals surface area (Å²) in [4.78, 5) is 24.2. The molecule has 20 heavy (non-hydrogen) atoms. The van der Waals surface area contributed by atoms with Crippen molar-refractivity contribution >= 4 is 22.8 Å². The van der Waals surface area contributed by atoms with E-state index in [0.717, 1.165) is 10.9 Å². The molecule has 0 spiro atoms. The van der Waals surface area contributed by atoms with Crippen LogP contribution in [-0.4, -0.2) is 45.3 Å². The molecule has 1 atom stereocenters. The number of carboxylic acids is 1. The lowest BCUT2D eigenvalue weighted by atomic mass is 10.2. The number of hydrogen-bond donors (Lipinski definition) is 1. The Bertz CT molecular complexity index is 602. The van der Waals surface area contributed by atoms with Gasteiger partial charge in [0.2, 0.25) is 5.91 Å². The van der Waals surface area contributed by atoms with Gasteiger partial charge in [0, 0.05) is 25.2 Å². The topological polar surface area (TPSA) is 75.4 Å². The fourth-order valence-corrected chi connectivity index (χ4v) is 1.95. The molecule has 0 bridgehead atoms. The van der Waals surface area contributed by atoms with Crippen LogP contribution in [0.2, 0.25) is 0 Å². The van der Waals surface area contributed by atoms with Crippen LogP contribution in [0.4, 0.5) is 0 Å². The molecule has 1 aromatic carbocycles. The molecule has 0 fully saturated rings. The molecule has 0 saturated heterocycles. The predicted octanol–water partition coefficient (Wildman–Crippen LogP) is 1.22. The van der Waals surface area contributed by atoms with Crippen molar-refractivity contribution in [2.24, 2.45) is 5.92 Å². The summed E-state index contributed by atoms with van der Waals surface area (Å²) in [5.41, 5.74) is 0.835. The van der Waals surface area contributed by atoms with Gasteiger partial charge < -0.3 is 10.0 Å². The summed E-state index contributed by atoms with van der Waals surface area (Å²) >= 11 is 0. The molecule has 1 aromatic heterocycles. The molecule has 0 saturated carbocycles. The molecule has 0 aliphatic rings. The Hall–Kier alpha value is -2.37. The number of carbonyl (C=O) groups excluding carboxylic acids is 1. The molecule has 106 valence electrons. The minimum absolute atomic E-state index is 0.109. The fourth-order valence-electron chi connectivity index (χ4n) is 1.95. The van der Waals surface area contributed by atoms with Crippen LogP contribution in [0.1, 0.15) is 6.92 Å². The number of aliphatic carboxylic acids is 1. The summed E-state index contributed by atoms with van der Waals surface area (Å²) in [6, 6.07) is 7.62. The molecule has 0 aliphatic carbocycles. The zero-order chi connectivity index (χ0) is 14.7. The SMILES string of the molecule is CC(CN(C)C(=O)Cn1cc2ccccc2n1)C(=O)O. The van der Waals surface area contributed by atoms with E-state index < -0.39 is 11.9 Å². The number of fused-ring (bicyclic) bond motifs is 1. The maximum absolute atomic E-state index is 12.0. The quantitative estimate of drug-likeness (QED) is 0.890. The third-order valence-corrected chi connectivity index (χ3v) is 3.15. The summed E-state index contributed by atoms with van der Waals surface area (Å²) in [6.45, 7) is 1.88. The third kappa shape index (κ3) is 3.14. The minimum atomic E-state index is -0.908. The summed E-state index contributed by atoms with van der Waals surface area (Å²) in [5, 5.41) is 14.1. The van der Waals surface area contributed by atoms with Crippen LogP contribution in [0.5, 0.6) is 0 Å². The van der Waals surface area contributed by atoms with Crippen LogP contribution in [0.3, 0.4) is 0 Å². The average molecular weight is 275 g/mol. The first-order chi connectivity index (χ1) is 9.47. The standard InChI is InChI=1S/C14H17N3O3/c1-10(14(19)20)7-16(2)13(18)9-17-8-11-5-3-4-6-12(11)15-17/h3-6,8,10H,7,9H2,1-2H3,(H,19,20). The van der Waals surface area contributed by atoms with Gasteiger partial charge in [0.15, 0.2) is 0 Å². The molecule has 6 heteroatoms. The lowest BCUT2D eigenvalue weighted by molar-refractivity contribution is -0.142. The lowest BCUT2D eigenvalue weighted by Gasteiger charge is -2.19. The molecule has 6 nitrogen and oxygen atoms in total. The Kier molecular flexibility index (Phi) is 4.02. The van der Waals surface area contributed by atoms with Crippen LogP contribution in [0.15, 0.2) is 30.5 Å². The van der Waals surface area contributed by atoms with Gasteiger partial charge in [-0.3, -0.25) is 14.3 Å². The van der Waals surface area contributed by atoms with E-state index in [9.17, 15) is 9.59 Å². The highest BCUT2D eigenvalue weighted by Gasteiger charge is 2.17. The van der Waals surface area contributed by atoms with Gasteiger partial charge in [-0.05, 0) is 6.07 Å². The van der Waals surface area contributed by atoms with Gasteiger partial charge in [0.05, 0.1) is 11.4 Å².